The first-order chi connectivity index (χ1) is 14.4. The highest BCUT2D eigenvalue weighted by atomic mass is 35.5. The number of nitro benzene ring substituents is 2. The van der Waals surface area contributed by atoms with Gasteiger partial charge in [-0.15, -0.1) is 0 Å². The zero-order chi connectivity index (χ0) is 21.7. The number of nitrogens with zero attached hydrogens (tertiary/aromatic N) is 3. The van der Waals surface area contributed by atoms with E-state index in [4.69, 9.17) is 16.4 Å². The zero-order valence-corrected chi connectivity index (χ0v) is 16.4. The minimum Gasteiger partial charge on any atom is -0.298 e. The van der Waals surface area contributed by atoms with Gasteiger partial charge in [0.25, 0.3) is 11.4 Å². The molecule has 0 aromatic heterocycles. The molecule has 0 saturated heterocycles. The SMILES string of the molecule is O=C(Nc1ccccc1Cl)O/N=C1/CCCC[C@H]1c1ccc([N+](=O)[O-])cc1[N+](=O)[O-]. The summed E-state index contributed by atoms with van der Waals surface area (Å²) in [6, 6.07) is 10.1. The molecule has 2 aromatic rings. The average molecular weight is 433 g/mol. The van der Waals surface area contributed by atoms with Crippen LogP contribution in [0.2, 0.25) is 5.02 Å². The molecule has 0 unspecified atom stereocenters. The molecule has 1 aliphatic carbocycles. The smallest absolute Gasteiger partial charge is 0.298 e. The van der Waals surface area contributed by atoms with E-state index in [2.05, 4.69) is 10.5 Å². The summed E-state index contributed by atoms with van der Waals surface area (Å²) >= 11 is 5.98. The van der Waals surface area contributed by atoms with Crippen molar-refractivity contribution in [1.82, 2.24) is 0 Å². The van der Waals surface area contributed by atoms with E-state index in [1.807, 2.05) is 0 Å². The molecule has 1 amide bonds. The summed E-state index contributed by atoms with van der Waals surface area (Å²) in [6.07, 6.45) is 1.76. The highest BCUT2D eigenvalue weighted by Gasteiger charge is 2.31. The Kier molecular flexibility index (Phi) is 6.58. The molecule has 0 aliphatic heterocycles. The molecule has 1 fully saturated rings. The van der Waals surface area contributed by atoms with Crippen LogP contribution in [0.3, 0.4) is 0 Å². The summed E-state index contributed by atoms with van der Waals surface area (Å²) in [7, 11) is 0. The van der Waals surface area contributed by atoms with E-state index >= 15 is 0 Å². The Hall–Kier alpha value is -3.53. The van der Waals surface area contributed by atoms with Crippen molar-refractivity contribution in [2.45, 2.75) is 31.6 Å². The molecule has 1 saturated carbocycles. The van der Waals surface area contributed by atoms with Gasteiger partial charge in [0.1, 0.15) is 0 Å². The van der Waals surface area contributed by atoms with Gasteiger partial charge < -0.3 is 0 Å². The summed E-state index contributed by atoms with van der Waals surface area (Å²) < 4.78 is 0. The average Bonchev–Trinajstić information content (AvgIpc) is 2.73. The largest absolute Gasteiger partial charge is 0.437 e. The van der Waals surface area contributed by atoms with Gasteiger partial charge in [-0.25, -0.2) is 4.79 Å². The fraction of sp³-hybridized carbons (Fsp3) is 0.263. The number of rotatable bonds is 5. The molecule has 156 valence electrons. The second-order valence-electron chi connectivity index (χ2n) is 6.62. The van der Waals surface area contributed by atoms with E-state index in [1.165, 1.54) is 12.1 Å². The minimum absolute atomic E-state index is 0.305. The Morgan fingerprint density at radius 2 is 1.90 bits per heavy atom. The third kappa shape index (κ3) is 4.90. The second-order valence-corrected chi connectivity index (χ2v) is 7.03. The quantitative estimate of drug-likeness (QED) is 0.380. The monoisotopic (exact) mass is 432 g/mol. The van der Waals surface area contributed by atoms with Crippen molar-refractivity contribution in [2.75, 3.05) is 5.32 Å². The van der Waals surface area contributed by atoms with Crippen molar-refractivity contribution >= 4 is 40.5 Å². The van der Waals surface area contributed by atoms with E-state index in [-0.39, 0.29) is 11.4 Å². The maximum Gasteiger partial charge on any atom is 0.437 e. The maximum atomic E-state index is 12.1. The summed E-state index contributed by atoms with van der Waals surface area (Å²) in [5.41, 5.74) is 0.404. The highest BCUT2D eigenvalue weighted by Crippen LogP contribution is 2.37. The van der Waals surface area contributed by atoms with Gasteiger partial charge in [-0.2, -0.15) is 0 Å². The van der Waals surface area contributed by atoms with Crippen LogP contribution in [0, 0.1) is 20.2 Å². The van der Waals surface area contributed by atoms with Gasteiger partial charge >= 0.3 is 6.09 Å². The second kappa shape index (κ2) is 9.31. The fourth-order valence-electron chi connectivity index (χ4n) is 3.33. The molecular formula is C19H17ClN4O6. The molecule has 10 nitrogen and oxygen atoms in total. The third-order valence-electron chi connectivity index (χ3n) is 4.73. The van der Waals surface area contributed by atoms with E-state index in [0.29, 0.717) is 34.8 Å². The molecule has 1 aliphatic rings. The first-order valence-corrected chi connectivity index (χ1v) is 9.46. The summed E-state index contributed by atoms with van der Waals surface area (Å²) in [5, 5.41) is 29.2. The Morgan fingerprint density at radius 3 is 2.60 bits per heavy atom. The number of nitro groups is 2. The van der Waals surface area contributed by atoms with Gasteiger partial charge in [-0.1, -0.05) is 35.3 Å². The van der Waals surface area contributed by atoms with Gasteiger partial charge in [-0.3, -0.25) is 30.4 Å². The Bertz CT molecular complexity index is 1030. The van der Waals surface area contributed by atoms with Gasteiger partial charge in [-0.05, 0) is 37.5 Å². The lowest BCUT2D eigenvalue weighted by Gasteiger charge is -2.23. The summed E-state index contributed by atoms with van der Waals surface area (Å²) in [5.74, 6) is -0.479. The normalized spacial score (nSPS) is 17.4. The minimum atomic E-state index is -0.849. The first kappa shape index (κ1) is 21.2. The number of anilines is 1. The van der Waals surface area contributed by atoms with Gasteiger partial charge in [0, 0.05) is 17.5 Å². The van der Waals surface area contributed by atoms with Crippen LogP contribution in [0.5, 0.6) is 0 Å². The lowest BCUT2D eigenvalue weighted by molar-refractivity contribution is -0.394. The number of amides is 1. The van der Waals surface area contributed by atoms with Gasteiger partial charge in [0.15, 0.2) is 0 Å². The number of hydrogen-bond donors (Lipinski definition) is 1. The highest BCUT2D eigenvalue weighted by molar-refractivity contribution is 6.33. The number of hydrogen-bond acceptors (Lipinski definition) is 7. The summed E-state index contributed by atoms with van der Waals surface area (Å²) in [6.45, 7) is 0. The molecule has 3 rings (SSSR count). The predicted molar refractivity (Wildman–Crippen MR) is 110 cm³/mol. The number of oxime groups is 1. The van der Waals surface area contributed by atoms with Crippen LogP contribution in [0.25, 0.3) is 0 Å². The number of non-ortho nitro benzene ring substituents is 1. The van der Waals surface area contributed by atoms with Crippen LogP contribution in [0.15, 0.2) is 47.6 Å². The zero-order valence-electron chi connectivity index (χ0n) is 15.6. The molecule has 1 atom stereocenters. The molecule has 0 heterocycles. The number of para-hydroxylation sites is 1. The van der Waals surface area contributed by atoms with E-state index < -0.39 is 21.9 Å². The standard InChI is InChI=1S/C19H17ClN4O6/c20-15-6-2-4-8-17(15)21-19(25)30-22-16-7-3-1-5-13(16)14-10-9-12(23(26)27)11-18(14)24(28)29/h2,4,6,8-11,13H,1,3,5,7H2,(H,21,25)/b22-16-/t13-/m0/s1. The number of carbonyl (C=O) groups excluding carboxylic acids is 1. The molecule has 11 heteroatoms. The van der Waals surface area contributed by atoms with Crippen molar-refractivity contribution in [3.8, 4) is 0 Å². The van der Waals surface area contributed by atoms with Crippen LogP contribution >= 0.6 is 11.6 Å². The van der Waals surface area contributed by atoms with Crippen LogP contribution in [-0.4, -0.2) is 21.7 Å². The fourth-order valence-corrected chi connectivity index (χ4v) is 3.52. The van der Waals surface area contributed by atoms with E-state index in [1.54, 1.807) is 24.3 Å². The van der Waals surface area contributed by atoms with Crippen LogP contribution in [-0.2, 0) is 4.84 Å². The van der Waals surface area contributed by atoms with Crippen LogP contribution < -0.4 is 5.32 Å². The lowest BCUT2D eigenvalue weighted by Crippen LogP contribution is -2.20. The molecular weight excluding hydrogens is 416 g/mol. The van der Waals surface area contributed by atoms with Gasteiger partial charge in [0.05, 0.1) is 32.3 Å². The van der Waals surface area contributed by atoms with Crippen LogP contribution in [0.1, 0.15) is 37.2 Å². The topological polar surface area (TPSA) is 137 Å². The van der Waals surface area contributed by atoms with Crippen molar-refractivity contribution in [3.63, 3.8) is 0 Å². The number of benzene rings is 2. The number of halogens is 1. The number of carbonyl (C=O) groups is 1. The van der Waals surface area contributed by atoms with E-state index in [0.717, 1.165) is 18.9 Å². The molecule has 0 spiro atoms. The Balaban J connectivity index is 1.83. The van der Waals surface area contributed by atoms with Crippen molar-refractivity contribution in [3.05, 3.63) is 73.3 Å². The van der Waals surface area contributed by atoms with Gasteiger partial charge in [0.2, 0.25) is 0 Å². The number of nitrogens with one attached hydrogen (secondary N) is 1. The third-order valence-corrected chi connectivity index (χ3v) is 5.06. The Labute approximate surface area is 175 Å². The van der Waals surface area contributed by atoms with E-state index in [9.17, 15) is 25.0 Å². The maximum absolute atomic E-state index is 12.1. The predicted octanol–water partition coefficient (Wildman–Crippen LogP) is 5.42. The lowest BCUT2D eigenvalue weighted by atomic mass is 9.81. The molecule has 2 aromatic carbocycles. The molecule has 0 radical (unpaired) electrons. The first-order valence-electron chi connectivity index (χ1n) is 9.09. The Morgan fingerprint density at radius 1 is 1.13 bits per heavy atom. The van der Waals surface area contributed by atoms with Crippen molar-refractivity contribution < 1.29 is 19.5 Å². The summed E-state index contributed by atoms with van der Waals surface area (Å²) in [4.78, 5) is 38.1. The molecule has 30 heavy (non-hydrogen) atoms. The van der Waals surface area contributed by atoms with Crippen molar-refractivity contribution in [2.24, 2.45) is 5.16 Å². The van der Waals surface area contributed by atoms with Crippen molar-refractivity contribution in [1.29, 1.82) is 0 Å². The molecule has 1 N–H and O–H groups in total. The molecule has 0 bridgehead atoms. The van der Waals surface area contributed by atoms with Crippen LogP contribution in [0.4, 0.5) is 21.9 Å².